The number of allylic oxidation sites excluding steroid dienone is 2. The summed E-state index contributed by atoms with van der Waals surface area (Å²) in [7, 11) is 0. The van der Waals surface area contributed by atoms with E-state index >= 15 is 0 Å². The molecule has 1 heterocycles. The minimum atomic E-state index is -0.234. The fraction of sp³-hybridized carbons (Fsp3) is 0.125. The molecule has 0 bridgehead atoms. The predicted octanol–water partition coefficient (Wildman–Crippen LogP) is 4.83. The Bertz CT molecular complexity index is 1060. The number of ether oxygens (including phenoxy) is 1. The summed E-state index contributed by atoms with van der Waals surface area (Å²) in [6, 6.07) is 19.0. The summed E-state index contributed by atoms with van der Waals surface area (Å²) >= 11 is 0. The molecule has 3 rings (SSSR count). The van der Waals surface area contributed by atoms with Gasteiger partial charge in [-0.1, -0.05) is 53.2 Å². The molecule has 0 aliphatic carbocycles. The number of rotatable bonds is 8. The van der Waals surface area contributed by atoms with Crippen LogP contribution in [0.2, 0.25) is 0 Å². The molecule has 0 saturated carbocycles. The van der Waals surface area contributed by atoms with E-state index in [2.05, 4.69) is 22.2 Å². The Hall–Kier alpha value is -3.93. The van der Waals surface area contributed by atoms with Gasteiger partial charge in [0.15, 0.2) is 5.76 Å². The zero-order valence-electron chi connectivity index (χ0n) is 17.0. The number of nitrogens with zero attached hydrogens (tertiary/aromatic N) is 2. The number of aryl methyl sites for hydroxylation is 1. The van der Waals surface area contributed by atoms with Crippen LogP contribution in [-0.2, 0) is 11.3 Å². The van der Waals surface area contributed by atoms with Gasteiger partial charge in [0.1, 0.15) is 11.4 Å². The van der Waals surface area contributed by atoms with Crippen LogP contribution in [0, 0.1) is 6.92 Å². The van der Waals surface area contributed by atoms with Crippen LogP contribution in [0.3, 0.4) is 0 Å². The van der Waals surface area contributed by atoms with Gasteiger partial charge in [-0.3, -0.25) is 4.79 Å². The molecule has 0 saturated heterocycles. The Kier molecular flexibility index (Phi) is 6.95. The molecule has 3 aromatic rings. The molecule has 1 N–H and O–H groups in total. The van der Waals surface area contributed by atoms with Crippen LogP contribution < -0.4 is 10.1 Å². The lowest BCUT2D eigenvalue weighted by Gasteiger charge is -2.05. The van der Waals surface area contributed by atoms with Crippen molar-refractivity contribution in [1.29, 1.82) is 0 Å². The number of nitrogens with one attached hydrogen (secondary N) is 1. The number of aromatic nitrogens is 1. The van der Waals surface area contributed by atoms with Crippen LogP contribution >= 0.6 is 0 Å². The molecule has 6 heteroatoms. The summed E-state index contributed by atoms with van der Waals surface area (Å²) in [5, 5.41) is 6.87. The third-order valence-electron chi connectivity index (χ3n) is 4.28. The third kappa shape index (κ3) is 5.78. The first-order valence-electron chi connectivity index (χ1n) is 9.44. The zero-order chi connectivity index (χ0) is 21.3. The van der Waals surface area contributed by atoms with E-state index in [1.165, 1.54) is 5.56 Å². The summed E-state index contributed by atoms with van der Waals surface area (Å²) in [6.07, 6.45) is 3.22. The van der Waals surface area contributed by atoms with E-state index in [9.17, 15) is 4.79 Å². The summed E-state index contributed by atoms with van der Waals surface area (Å²) in [5.74, 6) is 1.28. The highest BCUT2D eigenvalue weighted by Gasteiger charge is 2.09. The molecular weight excluding hydrogens is 378 g/mol. The van der Waals surface area contributed by atoms with Crippen molar-refractivity contribution in [2.45, 2.75) is 20.4 Å². The molecule has 1 amide bonds. The van der Waals surface area contributed by atoms with Crippen molar-refractivity contribution in [3.05, 3.63) is 95.6 Å². The van der Waals surface area contributed by atoms with E-state index < -0.39 is 0 Å². The van der Waals surface area contributed by atoms with Crippen molar-refractivity contribution in [3.63, 3.8) is 0 Å². The number of benzene rings is 2. The second-order valence-electron chi connectivity index (χ2n) is 6.65. The zero-order valence-corrected chi connectivity index (χ0v) is 17.0. The van der Waals surface area contributed by atoms with Crippen molar-refractivity contribution in [2.75, 3.05) is 0 Å². The Morgan fingerprint density at radius 1 is 1.17 bits per heavy atom. The summed E-state index contributed by atoms with van der Waals surface area (Å²) in [4.78, 5) is 16.2. The molecule has 0 spiro atoms. The summed E-state index contributed by atoms with van der Waals surface area (Å²) < 4.78 is 10.9. The molecule has 2 aromatic carbocycles. The van der Waals surface area contributed by atoms with E-state index in [0.717, 1.165) is 11.3 Å². The predicted molar refractivity (Wildman–Crippen MR) is 117 cm³/mol. The maximum absolute atomic E-state index is 12.3. The first-order valence-corrected chi connectivity index (χ1v) is 9.44. The molecule has 0 fully saturated rings. The Labute approximate surface area is 175 Å². The highest BCUT2D eigenvalue weighted by Crippen LogP contribution is 2.19. The van der Waals surface area contributed by atoms with Crippen LogP contribution in [0.25, 0.3) is 11.3 Å². The maximum Gasteiger partial charge on any atom is 0.247 e. The van der Waals surface area contributed by atoms with Gasteiger partial charge in [0.05, 0.1) is 6.54 Å². The van der Waals surface area contributed by atoms with Crippen molar-refractivity contribution in [3.8, 4) is 17.0 Å². The number of carbonyl (C=O) groups excluding carboxylic acids is 1. The molecule has 0 atom stereocenters. The smallest absolute Gasteiger partial charge is 0.247 e. The Morgan fingerprint density at radius 2 is 1.90 bits per heavy atom. The minimum Gasteiger partial charge on any atom is -0.439 e. The molecule has 0 radical (unpaired) electrons. The van der Waals surface area contributed by atoms with Gasteiger partial charge in [0.25, 0.3) is 0 Å². The molecule has 0 unspecified atom stereocenters. The number of hydrogen-bond donors (Lipinski definition) is 1. The SMILES string of the molecule is C=N/C(=C\C=C(/C)C(=O)NCc1cc(-c2ccc(C)cc2)no1)Oc1ccccc1. The normalized spacial score (nSPS) is 11.8. The van der Waals surface area contributed by atoms with Crippen LogP contribution in [0.15, 0.2) is 93.8 Å². The molecule has 0 aliphatic rings. The number of aliphatic imine (C=N–C) groups is 1. The van der Waals surface area contributed by atoms with E-state index in [0.29, 0.717) is 23.0 Å². The lowest BCUT2D eigenvalue weighted by molar-refractivity contribution is -0.117. The number of para-hydroxylation sites is 1. The van der Waals surface area contributed by atoms with Gasteiger partial charge in [0, 0.05) is 23.3 Å². The van der Waals surface area contributed by atoms with Crippen LogP contribution in [0.5, 0.6) is 5.75 Å². The topological polar surface area (TPSA) is 76.7 Å². The highest BCUT2D eigenvalue weighted by atomic mass is 16.5. The van der Waals surface area contributed by atoms with Crippen molar-refractivity contribution in [2.24, 2.45) is 4.99 Å². The largest absolute Gasteiger partial charge is 0.439 e. The van der Waals surface area contributed by atoms with E-state index in [4.69, 9.17) is 9.26 Å². The van der Waals surface area contributed by atoms with Crippen LogP contribution in [0.4, 0.5) is 0 Å². The number of hydrogen-bond acceptors (Lipinski definition) is 5. The van der Waals surface area contributed by atoms with Crippen LogP contribution in [0.1, 0.15) is 18.2 Å². The lowest BCUT2D eigenvalue weighted by Crippen LogP contribution is -2.23. The average molecular weight is 401 g/mol. The maximum atomic E-state index is 12.3. The minimum absolute atomic E-state index is 0.234. The van der Waals surface area contributed by atoms with Gasteiger partial charge in [-0.05, 0) is 38.8 Å². The monoisotopic (exact) mass is 401 g/mol. The van der Waals surface area contributed by atoms with Gasteiger partial charge in [-0.15, -0.1) is 0 Å². The van der Waals surface area contributed by atoms with Gasteiger partial charge >= 0.3 is 0 Å². The lowest BCUT2D eigenvalue weighted by atomic mass is 10.1. The van der Waals surface area contributed by atoms with E-state index in [-0.39, 0.29) is 12.5 Å². The van der Waals surface area contributed by atoms with Gasteiger partial charge in [-0.2, -0.15) is 0 Å². The second kappa shape index (κ2) is 10.0. The van der Waals surface area contributed by atoms with Crippen molar-refractivity contribution in [1.82, 2.24) is 10.5 Å². The fourth-order valence-electron chi connectivity index (χ4n) is 2.56. The molecule has 0 aliphatic heterocycles. The molecule has 30 heavy (non-hydrogen) atoms. The molecule has 6 nitrogen and oxygen atoms in total. The van der Waals surface area contributed by atoms with Crippen LogP contribution in [-0.4, -0.2) is 17.8 Å². The van der Waals surface area contributed by atoms with Gasteiger partial charge < -0.3 is 14.6 Å². The van der Waals surface area contributed by atoms with E-state index in [1.54, 1.807) is 19.1 Å². The van der Waals surface area contributed by atoms with Crippen molar-refractivity contribution >= 4 is 12.6 Å². The van der Waals surface area contributed by atoms with Gasteiger partial charge in [-0.25, -0.2) is 4.99 Å². The fourth-order valence-corrected chi connectivity index (χ4v) is 2.56. The van der Waals surface area contributed by atoms with Crippen molar-refractivity contribution < 1.29 is 14.1 Å². The number of amides is 1. The van der Waals surface area contributed by atoms with E-state index in [1.807, 2.05) is 67.6 Å². The first-order chi connectivity index (χ1) is 14.5. The number of carbonyl (C=O) groups is 1. The standard InChI is InChI=1S/C24H23N3O3/c1-17-9-12-19(13-10-17)22-15-21(30-27-22)16-26-24(28)18(2)11-14-23(25-3)29-20-7-5-4-6-8-20/h4-15H,3,16H2,1-2H3,(H,26,28)/b18-11+,23-14+. The molecule has 152 valence electrons. The Morgan fingerprint density at radius 3 is 2.60 bits per heavy atom. The van der Waals surface area contributed by atoms with Gasteiger partial charge in [0.2, 0.25) is 11.8 Å². The third-order valence-corrected chi connectivity index (χ3v) is 4.28. The highest BCUT2D eigenvalue weighted by molar-refractivity contribution is 5.93. The first kappa shape index (κ1) is 20.8. The second-order valence-corrected chi connectivity index (χ2v) is 6.65. The molecular formula is C24H23N3O3. The Balaban J connectivity index is 1.57. The summed E-state index contributed by atoms with van der Waals surface area (Å²) in [6.45, 7) is 7.46. The quantitative estimate of drug-likeness (QED) is 0.254. The molecule has 1 aromatic heterocycles. The summed E-state index contributed by atoms with van der Waals surface area (Å²) in [5.41, 5.74) is 3.36. The average Bonchev–Trinajstić information content (AvgIpc) is 3.25.